The summed E-state index contributed by atoms with van der Waals surface area (Å²) in [5, 5.41) is 0. The van der Waals surface area contributed by atoms with E-state index in [-0.39, 0.29) is 5.97 Å². The maximum absolute atomic E-state index is 10.9. The van der Waals surface area contributed by atoms with E-state index in [9.17, 15) is 4.79 Å². The van der Waals surface area contributed by atoms with E-state index in [1.165, 1.54) is 56.6 Å². The smallest absolute Gasteiger partial charge is 0.330 e. The Kier molecular flexibility index (Phi) is 12.4. The number of carbonyl (C=O) groups is 1. The quantitative estimate of drug-likeness (QED) is 0.226. The lowest BCUT2D eigenvalue weighted by Gasteiger charge is -2.11. The van der Waals surface area contributed by atoms with Crippen molar-refractivity contribution in [3.8, 4) is 5.75 Å². The molecule has 0 radical (unpaired) electrons. The maximum atomic E-state index is 10.9. The zero-order valence-corrected chi connectivity index (χ0v) is 15.8. The average Bonchev–Trinajstić information content (AvgIpc) is 2.64. The maximum Gasteiger partial charge on any atom is 0.330 e. The summed E-state index contributed by atoms with van der Waals surface area (Å²) in [6.07, 6.45) is 13.2. The summed E-state index contributed by atoms with van der Waals surface area (Å²) in [6.45, 7) is 6.71. The highest BCUT2D eigenvalue weighted by Crippen LogP contribution is 2.21. The summed E-state index contributed by atoms with van der Waals surface area (Å²) < 4.78 is 10.9. The number of benzene rings is 1. The van der Waals surface area contributed by atoms with Crippen LogP contribution in [0, 0.1) is 0 Å². The first-order valence-electron chi connectivity index (χ1n) is 9.77. The molecule has 140 valence electrons. The first-order valence-corrected chi connectivity index (χ1v) is 9.77. The number of para-hydroxylation sites is 1. The second-order valence-electron chi connectivity index (χ2n) is 6.41. The van der Waals surface area contributed by atoms with E-state index in [1.807, 2.05) is 12.1 Å². The molecule has 1 aromatic carbocycles. The standard InChI is InChI=1S/C22H34O3/c1-3-5-6-7-8-9-10-15-20-16-11-12-17-21(20)24-18-13-14-19-25-22(23)4-2/h4,11-12,16-17H,2-3,5-10,13-15,18-19H2,1H3. The average molecular weight is 347 g/mol. The Morgan fingerprint density at radius 3 is 2.40 bits per heavy atom. The first-order chi connectivity index (χ1) is 12.3. The van der Waals surface area contributed by atoms with Gasteiger partial charge in [-0.25, -0.2) is 4.79 Å². The molecule has 3 heteroatoms. The van der Waals surface area contributed by atoms with E-state index in [0.717, 1.165) is 25.0 Å². The lowest BCUT2D eigenvalue weighted by Crippen LogP contribution is -2.05. The monoisotopic (exact) mass is 346 g/mol. The third-order valence-electron chi connectivity index (χ3n) is 4.23. The highest BCUT2D eigenvalue weighted by Gasteiger charge is 2.03. The molecule has 0 aliphatic carbocycles. The summed E-state index contributed by atoms with van der Waals surface area (Å²) in [5.74, 6) is 0.637. The Bertz CT molecular complexity index is 482. The van der Waals surface area contributed by atoms with Gasteiger partial charge in [0.15, 0.2) is 0 Å². The van der Waals surface area contributed by atoms with Gasteiger partial charge in [0.2, 0.25) is 0 Å². The fraction of sp³-hybridized carbons (Fsp3) is 0.591. The minimum absolute atomic E-state index is 0.360. The van der Waals surface area contributed by atoms with Crippen LogP contribution in [0.3, 0.4) is 0 Å². The molecule has 0 spiro atoms. The minimum Gasteiger partial charge on any atom is -0.493 e. The van der Waals surface area contributed by atoms with Gasteiger partial charge in [0.25, 0.3) is 0 Å². The molecule has 0 unspecified atom stereocenters. The van der Waals surface area contributed by atoms with E-state index < -0.39 is 0 Å². The van der Waals surface area contributed by atoms with Gasteiger partial charge in [0.05, 0.1) is 13.2 Å². The molecule has 0 heterocycles. The summed E-state index contributed by atoms with van der Waals surface area (Å²) in [6, 6.07) is 8.32. The van der Waals surface area contributed by atoms with E-state index >= 15 is 0 Å². The van der Waals surface area contributed by atoms with Crippen LogP contribution in [0.4, 0.5) is 0 Å². The Labute approximate surface area is 153 Å². The lowest BCUT2D eigenvalue weighted by atomic mass is 10.0. The summed E-state index contributed by atoms with van der Waals surface area (Å²) in [5.41, 5.74) is 1.30. The molecular weight excluding hydrogens is 312 g/mol. The van der Waals surface area contributed by atoms with E-state index in [4.69, 9.17) is 9.47 Å². The molecule has 0 fully saturated rings. The number of aryl methyl sites for hydroxylation is 1. The Morgan fingerprint density at radius 1 is 0.960 bits per heavy atom. The molecule has 0 amide bonds. The molecule has 3 nitrogen and oxygen atoms in total. The Morgan fingerprint density at radius 2 is 1.64 bits per heavy atom. The number of hydrogen-bond acceptors (Lipinski definition) is 3. The van der Waals surface area contributed by atoms with Crippen LogP contribution in [-0.4, -0.2) is 19.2 Å². The van der Waals surface area contributed by atoms with Crippen molar-refractivity contribution in [3.63, 3.8) is 0 Å². The molecule has 0 atom stereocenters. The number of carbonyl (C=O) groups excluding carboxylic acids is 1. The van der Waals surface area contributed by atoms with Gasteiger partial charge in [-0.1, -0.05) is 70.2 Å². The molecule has 0 aromatic heterocycles. The van der Waals surface area contributed by atoms with E-state index in [0.29, 0.717) is 13.2 Å². The van der Waals surface area contributed by atoms with Gasteiger partial charge in [-0.3, -0.25) is 0 Å². The second kappa shape index (κ2) is 14.6. The van der Waals surface area contributed by atoms with Gasteiger partial charge >= 0.3 is 5.97 Å². The zero-order chi connectivity index (χ0) is 18.2. The molecule has 0 saturated heterocycles. The molecule has 0 aliphatic rings. The third-order valence-corrected chi connectivity index (χ3v) is 4.23. The topological polar surface area (TPSA) is 35.5 Å². The minimum atomic E-state index is -0.360. The SMILES string of the molecule is C=CC(=O)OCCCCOc1ccccc1CCCCCCCCC. The van der Waals surface area contributed by atoms with Crippen LogP contribution in [0.2, 0.25) is 0 Å². The molecule has 0 N–H and O–H groups in total. The van der Waals surface area contributed by atoms with E-state index in [2.05, 4.69) is 25.6 Å². The van der Waals surface area contributed by atoms with Gasteiger partial charge in [-0.2, -0.15) is 0 Å². The van der Waals surface area contributed by atoms with Crippen molar-refractivity contribution >= 4 is 5.97 Å². The molecule has 25 heavy (non-hydrogen) atoms. The van der Waals surface area contributed by atoms with Crippen LogP contribution < -0.4 is 4.74 Å². The molecule has 0 aliphatic heterocycles. The number of rotatable bonds is 15. The first kappa shape index (κ1) is 21.3. The zero-order valence-electron chi connectivity index (χ0n) is 15.8. The molecular formula is C22H34O3. The van der Waals surface area contributed by atoms with E-state index in [1.54, 1.807) is 0 Å². The number of hydrogen-bond donors (Lipinski definition) is 0. The normalized spacial score (nSPS) is 10.4. The predicted octanol–water partition coefficient (Wildman–Crippen LogP) is 5.87. The number of esters is 1. The van der Waals surface area contributed by atoms with Gasteiger partial charge in [-0.15, -0.1) is 0 Å². The highest BCUT2D eigenvalue weighted by molar-refractivity contribution is 5.81. The molecule has 1 rings (SSSR count). The fourth-order valence-corrected chi connectivity index (χ4v) is 2.74. The molecule has 0 saturated carbocycles. The summed E-state index contributed by atoms with van der Waals surface area (Å²) in [4.78, 5) is 10.9. The van der Waals surface area contributed by atoms with Crippen molar-refractivity contribution in [3.05, 3.63) is 42.5 Å². The number of unbranched alkanes of at least 4 members (excludes halogenated alkanes) is 7. The predicted molar refractivity (Wildman–Crippen MR) is 104 cm³/mol. The van der Waals surface area contributed by atoms with Crippen LogP contribution in [0.5, 0.6) is 5.75 Å². The van der Waals surface area contributed by atoms with Crippen molar-refractivity contribution in [1.29, 1.82) is 0 Å². The highest BCUT2D eigenvalue weighted by atomic mass is 16.5. The van der Waals surface area contributed by atoms with Gasteiger partial charge in [-0.05, 0) is 37.3 Å². The third kappa shape index (κ3) is 10.6. The molecule has 1 aromatic rings. The Hall–Kier alpha value is -1.77. The fourth-order valence-electron chi connectivity index (χ4n) is 2.74. The van der Waals surface area contributed by atoms with Crippen molar-refractivity contribution in [2.75, 3.05) is 13.2 Å². The van der Waals surface area contributed by atoms with Crippen molar-refractivity contribution in [2.45, 2.75) is 71.1 Å². The molecule has 0 bridgehead atoms. The lowest BCUT2D eigenvalue weighted by molar-refractivity contribution is -0.137. The summed E-state index contributed by atoms with van der Waals surface area (Å²) in [7, 11) is 0. The van der Waals surface area contributed by atoms with Crippen LogP contribution in [0.1, 0.15) is 70.3 Å². The van der Waals surface area contributed by atoms with Crippen LogP contribution in [-0.2, 0) is 16.0 Å². The second-order valence-corrected chi connectivity index (χ2v) is 6.41. The van der Waals surface area contributed by atoms with Crippen molar-refractivity contribution in [1.82, 2.24) is 0 Å². The van der Waals surface area contributed by atoms with Gasteiger partial charge in [0.1, 0.15) is 5.75 Å². The largest absolute Gasteiger partial charge is 0.493 e. The van der Waals surface area contributed by atoms with Crippen LogP contribution in [0.15, 0.2) is 36.9 Å². The Balaban J connectivity index is 2.18. The number of ether oxygens (including phenoxy) is 2. The van der Waals surface area contributed by atoms with Crippen LogP contribution in [0.25, 0.3) is 0 Å². The van der Waals surface area contributed by atoms with Crippen molar-refractivity contribution in [2.24, 2.45) is 0 Å². The van der Waals surface area contributed by atoms with Gasteiger partial charge < -0.3 is 9.47 Å². The van der Waals surface area contributed by atoms with Crippen molar-refractivity contribution < 1.29 is 14.3 Å². The summed E-state index contributed by atoms with van der Waals surface area (Å²) >= 11 is 0. The van der Waals surface area contributed by atoms with Crippen LogP contribution >= 0.6 is 0 Å². The van der Waals surface area contributed by atoms with Gasteiger partial charge in [0, 0.05) is 6.08 Å².